The molecular weight excluding hydrogens is 286 g/mol. The topological polar surface area (TPSA) is 82.4 Å². The molecule has 0 saturated carbocycles. The fourth-order valence-electron chi connectivity index (χ4n) is 1.89. The van der Waals surface area contributed by atoms with Crippen molar-refractivity contribution < 1.29 is 14.3 Å². The van der Waals surface area contributed by atoms with Gasteiger partial charge in [-0.3, -0.25) is 14.2 Å². The molecule has 1 aromatic heterocycles. The van der Waals surface area contributed by atoms with Crippen LogP contribution in [0.25, 0.3) is 0 Å². The lowest BCUT2D eigenvalue weighted by atomic mass is 10.2. The van der Waals surface area contributed by atoms with Crippen molar-refractivity contribution in [3.05, 3.63) is 46.6 Å². The predicted octanol–water partition coefficient (Wildman–Crippen LogP) is 1.21. The number of benzene rings is 1. The second kappa shape index (κ2) is 6.75. The number of hydrogen-bond donors (Lipinski definition) is 1. The Hall–Kier alpha value is -2.83. The van der Waals surface area contributed by atoms with Crippen molar-refractivity contribution in [2.45, 2.75) is 13.5 Å². The van der Waals surface area contributed by atoms with Crippen LogP contribution in [-0.4, -0.2) is 29.7 Å². The quantitative estimate of drug-likeness (QED) is 0.897. The van der Waals surface area contributed by atoms with Crippen LogP contribution in [0, 0.1) is 6.92 Å². The Morgan fingerprint density at radius 3 is 2.68 bits per heavy atom. The lowest BCUT2D eigenvalue weighted by molar-refractivity contribution is -0.116. The van der Waals surface area contributed by atoms with Crippen molar-refractivity contribution in [1.82, 2.24) is 9.55 Å². The zero-order valence-corrected chi connectivity index (χ0v) is 12.6. The van der Waals surface area contributed by atoms with Crippen LogP contribution in [0.4, 0.5) is 5.69 Å². The van der Waals surface area contributed by atoms with E-state index in [0.717, 1.165) is 0 Å². The summed E-state index contributed by atoms with van der Waals surface area (Å²) in [5.41, 5.74) is 0.802. The number of hydrogen-bond acceptors (Lipinski definition) is 5. The van der Waals surface area contributed by atoms with Gasteiger partial charge in [0.1, 0.15) is 18.0 Å². The maximum atomic E-state index is 12.1. The van der Waals surface area contributed by atoms with E-state index in [1.54, 1.807) is 25.1 Å². The van der Waals surface area contributed by atoms with Crippen molar-refractivity contribution in [3.63, 3.8) is 0 Å². The number of carbonyl (C=O) groups is 1. The van der Waals surface area contributed by atoms with E-state index in [4.69, 9.17) is 9.47 Å². The number of aryl methyl sites for hydroxylation is 1. The van der Waals surface area contributed by atoms with Gasteiger partial charge in [-0.1, -0.05) is 0 Å². The SMILES string of the molecule is COc1ccc(OC)c(NC(=O)Cn2cnc(C)cc2=O)c1. The lowest BCUT2D eigenvalue weighted by Crippen LogP contribution is -2.27. The molecule has 116 valence electrons. The third-order valence-corrected chi connectivity index (χ3v) is 3.01. The predicted molar refractivity (Wildman–Crippen MR) is 81.4 cm³/mol. The summed E-state index contributed by atoms with van der Waals surface area (Å²) in [4.78, 5) is 27.8. The van der Waals surface area contributed by atoms with Crippen molar-refractivity contribution in [1.29, 1.82) is 0 Å². The van der Waals surface area contributed by atoms with Crippen LogP contribution in [0.5, 0.6) is 11.5 Å². The number of carbonyl (C=O) groups excluding carboxylic acids is 1. The number of nitrogens with zero attached hydrogens (tertiary/aromatic N) is 2. The van der Waals surface area contributed by atoms with Gasteiger partial charge in [-0.05, 0) is 19.1 Å². The molecule has 0 aliphatic rings. The maximum Gasteiger partial charge on any atom is 0.253 e. The first kappa shape index (κ1) is 15.6. The van der Waals surface area contributed by atoms with E-state index >= 15 is 0 Å². The molecule has 0 radical (unpaired) electrons. The Kier molecular flexibility index (Phi) is 4.77. The molecular formula is C15H17N3O4. The number of nitrogens with one attached hydrogen (secondary N) is 1. The molecule has 7 heteroatoms. The molecule has 0 unspecified atom stereocenters. The third-order valence-electron chi connectivity index (χ3n) is 3.01. The number of rotatable bonds is 5. The zero-order chi connectivity index (χ0) is 16.1. The van der Waals surface area contributed by atoms with E-state index in [1.807, 2.05) is 0 Å². The first-order valence-corrected chi connectivity index (χ1v) is 6.58. The number of aromatic nitrogens is 2. The van der Waals surface area contributed by atoms with Crippen LogP contribution in [0.15, 0.2) is 35.4 Å². The van der Waals surface area contributed by atoms with Crippen LogP contribution in [-0.2, 0) is 11.3 Å². The highest BCUT2D eigenvalue weighted by molar-refractivity contribution is 5.92. The first-order valence-electron chi connectivity index (χ1n) is 6.58. The Morgan fingerprint density at radius 2 is 2.05 bits per heavy atom. The average molecular weight is 303 g/mol. The van der Waals surface area contributed by atoms with Gasteiger partial charge in [0.05, 0.1) is 26.2 Å². The Labute approximate surface area is 127 Å². The van der Waals surface area contributed by atoms with Crippen LogP contribution < -0.4 is 20.3 Å². The minimum absolute atomic E-state index is 0.132. The van der Waals surface area contributed by atoms with E-state index in [0.29, 0.717) is 22.9 Å². The van der Waals surface area contributed by atoms with Gasteiger partial charge in [0, 0.05) is 17.8 Å². The van der Waals surface area contributed by atoms with Gasteiger partial charge in [0.2, 0.25) is 5.91 Å². The fourth-order valence-corrected chi connectivity index (χ4v) is 1.89. The van der Waals surface area contributed by atoms with Crippen LogP contribution in [0.1, 0.15) is 5.69 Å². The highest BCUT2D eigenvalue weighted by Crippen LogP contribution is 2.28. The summed E-state index contributed by atoms with van der Waals surface area (Å²) in [7, 11) is 3.04. The van der Waals surface area contributed by atoms with Crippen LogP contribution in [0.3, 0.4) is 0 Å². The number of methoxy groups -OCH3 is 2. The summed E-state index contributed by atoms with van der Waals surface area (Å²) in [6.45, 7) is 1.58. The molecule has 0 bridgehead atoms. The second-order valence-electron chi connectivity index (χ2n) is 4.61. The molecule has 0 saturated heterocycles. The summed E-state index contributed by atoms with van der Waals surface area (Å²) in [6.07, 6.45) is 1.35. The van der Waals surface area contributed by atoms with E-state index in [1.165, 1.54) is 31.2 Å². The molecule has 1 N–H and O–H groups in total. The van der Waals surface area contributed by atoms with E-state index in [-0.39, 0.29) is 18.0 Å². The number of ether oxygens (including phenoxy) is 2. The highest BCUT2D eigenvalue weighted by atomic mass is 16.5. The molecule has 0 fully saturated rings. The van der Waals surface area contributed by atoms with Crippen LogP contribution in [0.2, 0.25) is 0 Å². The number of amides is 1. The summed E-state index contributed by atoms with van der Waals surface area (Å²) in [5.74, 6) is 0.730. The van der Waals surface area contributed by atoms with Crippen molar-refractivity contribution in [3.8, 4) is 11.5 Å². The molecule has 0 aliphatic heterocycles. The summed E-state index contributed by atoms with van der Waals surface area (Å²) in [6, 6.07) is 6.43. The Bertz CT molecular complexity index is 740. The fraction of sp³-hybridized carbons (Fsp3) is 0.267. The van der Waals surface area contributed by atoms with E-state index < -0.39 is 0 Å². The molecule has 7 nitrogen and oxygen atoms in total. The van der Waals surface area contributed by atoms with Gasteiger partial charge in [0.15, 0.2) is 0 Å². The van der Waals surface area contributed by atoms with E-state index in [9.17, 15) is 9.59 Å². The van der Waals surface area contributed by atoms with Gasteiger partial charge in [0.25, 0.3) is 5.56 Å². The molecule has 0 aliphatic carbocycles. The van der Waals surface area contributed by atoms with Gasteiger partial charge >= 0.3 is 0 Å². The molecule has 1 heterocycles. The summed E-state index contributed by atoms with van der Waals surface area (Å²) in [5, 5.41) is 2.70. The smallest absolute Gasteiger partial charge is 0.253 e. The van der Waals surface area contributed by atoms with Gasteiger partial charge < -0.3 is 14.8 Å². The van der Waals surface area contributed by atoms with Crippen molar-refractivity contribution in [2.75, 3.05) is 19.5 Å². The largest absolute Gasteiger partial charge is 0.497 e. The molecule has 2 aromatic rings. The standard InChI is InChI=1S/C15H17N3O4/c1-10-6-15(20)18(9-16-10)8-14(19)17-12-7-11(21-2)4-5-13(12)22-3/h4-7,9H,8H2,1-3H3,(H,17,19). The van der Waals surface area contributed by atoms with Gasteiger partial charge in [-0.2, -0.15) is 0 Å². The molecule has 0 atom stereocenters. The van der Waals surface area contributed by atoms with Gasteiger partial charge in [-0.25, -0.2) is 4.98 Å². The second-order valence-corrected chi connectivity index (χ2v) is 4.61. The molecule has 22 heavy (non-hydrogen) atoms. The summed E-state index contributed by atoms with van der Waals surface area (Å²) >= 11 is 0. The van der Waals surface area contributed by atoms with Gasteiger partial charge in [-0.15, -0.1) is 0 Å². The normalized spacial score (nSPS) is 10.1. The molecule has 1 aromatic carbocycles. The third kappa shape index (κ3) is 3.63. The monoisotopic (exact) mass is 303 g/mol. The minimum Gasteiger partial charge on any atom is -0.497 e. The first-order chi connectivity index (χ1) is 10.5. The molecule has 0 spiro atoms. The summed E-state index contributed by atoms with van der Waals surface area (Å²) < 4.78 is 11.5. The van der Waals surface area contributed by atoms with Crippen LogP contribution >= 0.6 is 0 Å². The lowest BCUT2D eigenvalue weighted by Gasteiger charge is -2.12. The average Bonchev–Trinajstić information content (AvgIpc) is 2.50. The molecule has 1 amide bonds. The zero-order valence-electron chi connectivity index (χ0n) is 12.6. The Morgan fingerprint density at radius 1 is 1.27 bits per heavy atom. The maximum absolute atomic E-state index is 12.1. The van der Waals surface area contributed by atoms with E-state index in [2.05, 4.69) is 10.3 Å². The molecule has 2 rings (SSSR count). The minimum atomic E-state index is -0.362. The Balaban J connectivity index is 2.16. The number of anilines is 1. The van der Waals surface area contributed by atoms with Crippen molar-refractivity contribution in [2.24, 2.45) is 0 Å². The van der Waals surface area contributed by atoms with Crippen molar-refractivity contribution >= 4 is 11.6 Å². The highest BCUT2D eigenvalue weighted by Gasteiger charge is 2.10.